The van der Waals surface area contributed by atoms with E-state index in [1.54, 1.807) is 14.2 Å². The molecule has 1 N–H and O–H groups in total. The number of hydrogen-bond acceptors (Lipinski definition) is 6. The van der Waals surface area contributed by atoms with Crippen LogP contribution >= 0.6 is 11.8 Å². The summed E-state index contributed by atoms with van der Waals surface area (Å²) in [6.07, 6.45) is 0. The molecule has 7 nitrogen and oxygen atoms in total. The lowest BCUT2D eigenvalue weighted by Gasteiger charge is -2.10. The summed E-state index contributed by atoms with van der Waals surface area (Å²) in [7, 11) is 3.25. The zero-order valence-electron chi connectivity index (χ0n) is 16.0. The van der Waals surface area contributed by atoms with E-state index in [1.807, 2.05) is 60.0 Å². The highest BCUT2D eigenvalue weighted by molar-refractivity contribution is 7.99. The van der Waals surface area contributed by atoms with E-state index in [4.69, 9.17) is 9.47 Å². The zero-order valence-corrected chi connectivity index (χ0v) is 16.8. The van der Waals surface area contributed by atoms with E-state index < -0.39 is 0 Å². The third-order valence-electron chi connectivity index (χ3n) is 4.08. The molecule has 3 aromatic rings. The van der Waals surface area contributed by atoms with E-state index in [9.17, 15) is 4.79 Å². The van der Waals surface area contributed by atoms with Gasteiger partial charge in [0.15, 0.2) is 5.16 Å². The number of nitrogens with one attached hydrogen (secondary N) is 1. The summed E-state index contributed by atoms with van der Waals surface area (Å²) in [5, 5.41) is 11.9. The molecule has 0 fully saturated rings. The van der Waals surface area contributed by atoms with Gasteiger partial charge < -0.3 is 14.8 Å². The van der Waals surface area contributed by atoms with Crippen molar-refractivity contribution in [3.05, 3.63) is 59.9 Å². The SMILES string of the molecule is COc1ccc(-n2c(C)nnc2SCC(=O)NCc2cccc(OC)c2)cc1. The molecule has 0 atom stereocenters. The molecule has 0 spiro atoms. The highest BCUT2D eigenvalue weighted by atomic mass is 32.2. The molecule has 0 saturated heterocycles. The summed E-state index contributed by atoms with van der Waals surface area (Å²) >= 11 is 1.34. The Hall–Kier alpha value is -3.00. The van der Waals surface area contributed by atoms with Crippen LogP contribution in [0, 0.1) is 6.92 Å². The van der Waals surface area contributed by atoms with Crippen molar-refractivity contribution in [3.63, 3.8) is 0 Å². The number of ether oxygens (including phenoxy) is 2. The molecule has 0 aliphatic carbocycles. The van der Waals surface area contributed by atoms with Crippen LogP contribution in [0.5, 0.6) is 11.5 Å². The summed E-state index contributed by atoms with van der Waals surface area (Å²) in [6, 6.07) is 15.2. The van der Waals surface area contributed by atoms with Gasteiger partial charge in [-0.3, -0.25) is 9.36 Å². The molecule has 0 saturated carbocycles. The summed E-state index contributed by atoms with van der Waals surface area (Å²) in [4.78, 5) is 12.2. The maximum Gasteiger partial charge on any atom is 0.230 e. The van der Waals surface area contributed by atoms with E-state index >= 15 is 0 Å². The summed E-state index contributed by atoms with van der Waals surface area (Å²) in [5.74, 6) is 2.47. The minimum atomic E-state index is -0.0743. The van der Waals surface area contributed by atoms with Crippen molar-refractivity contribution in [2.45, 2.75) is 18.6 Å². The first-order chi connectivity index (χ1) is 13.6. The molecular formula is C20H22N4O3S. The van der Waals surface area contributed by atoms with Crippen LogP contribution in [0.1, 0.15) is 11.4 Å². The molecule has 0 aliphatic heterocycles. The summed E-state index contributed by atoms with van der Waals surface area (Å²) in [5.41, 5.74) is 1.90. The lowest BCUT2D eigenvalue weighted by molar-refractivity contribution is -0.118. The predicted octanol–water partition coefficient (Wildman–Crippen LogP) is 3.00. The molecule has 0 radical (unpaired) electrons. The van der Waals surface area contributed by atoms with Gasteiger partial charge in [0.2, 0.25) is 5.91 Å². The van der Waals surface area contributed by atoms with Gasteiger partial charge in [-0.2, -0.15) is 0 Å². The highest BCUT2D eigenvalue weighted by Gasteiger charge is 2.13. The van der Waals surface area contributed by atoms with Gasteiger partial charge in [0.25, 0.3) is 0 Å². The Labute approximate surface area is 168 Å². The van der Waals surface area contributed by atoms with Crippen molar-refractivity contribution in [1.82, 2.24) is 20.1 Å². The van der Waals surface area contributed by atoms with Crippen LogP contribution in [0.4, 0.5) is 0 Å². The molecule has 0 unspecified atom stereocenters. The Morgan fingerprint density at radius 2 is 1.82 bits per heavy atom. The van der Waals surface area contributed by atoms with Crippen molar-refractivity contribution in [2.75, 3.05) is 20.0 Å². The van der Waals surface area contributed by atoms with Crippen molar-refractivity contribution < 1.29 is 14.3 Å². The summed E-state index contributed by atoms with van der Waals surface area (Å²) < 4.78 is 12.3. The van der Waals surface area contributed by atoms with Crippen LogP contribution in [0.2, 0.25) is 0 Å². The smallest absolute Gasteiger partial charge is 0.230 e. The van der Waals surface area contributed by atoms with Crippen molar-refractivity contribution in [3.8, 4) is 17.2 Å². The quantitative estimate of drug-likeness (QED) is 0.588. The Balaban J connectivity index is 1.60. The highest BCUT2D eigenvalue weighted by Crippen LogP contribution is 2.23. The molecule has 3 rings (SSSR count). The van der Waals surface area contributed by atoms with Gasteiger partial charge in [0.05, 0.1) is 20.0 Å². The van der Waals surface area contributed by atoms with Gasteiger partial charge >= 0.3 is 0 Å². The maximum atomic E-state index is 12.2. The van der Waals surface area contributed by atoms with Crippen LogP contribution in [0.15, 0.2) is 53.7 Å². The number of carbonyl (C=O) groups excluding carboxylic acids is 1. The second-order valence-corrected chi connectivity index (χ2v) is 6.92. The predicted molar refractivity (Wildman–Crippen MR) is 108 cm³/mol. The third-order valence-corrected chi connectivity index (χ3v) is 5.01. The molecule has 2 aromatic carbocycles. The Morgan fingerprint density at radius 3 is 2.54 bits per heavy atom. The minimum Gasteiger partial charge on any atom is -0.497 e. The van der Waals surface area contributed by atoms with Crippen LogP contribution in [-0.2, 0) is 11.3 Å². The minimum absolute atomic E-state index is 0.0743. The third kappa shape index (κ3) is 4.83. The fourth-order valence-electron chi connectivity index (χ4n) is 2.63. The van der Waals surface area contributed by atoms with Crippen LogP contribution < -0.4 is 14.8 Å². The van der Waals surface area contributed by atoms with E-state index in [-0.39, 0.29) is 11.7 Å². The van der Waals surface area contributed by atoms with Crippen molar-refractivity contribution >= 4 is 17.7 Å². The molecule has 0 aliphatic rings. The number of carbonyl (C=O) groups is 1. The van der Waals surface area contributed by atoms with Crippen LogP contribution in [0.25, 0.3) is 5.69 Å². The van der Waals surface area contributed by atoms with Gasteiger partial charge in [-0.25, -0.2) is 0 Å². The van der Waals surface area contributed by atoms with Gasteiger partial charge in [-0.1, -0.05) is 23.9 Å². The number of amides is 1. The number of nitrogens with zero attached hydrogens (tertiary/aromatic N) is 3. The lowest BCUT2D eigenvalue weighted by Crippen LogP contribution is -2.24. The van der Waals surface area contributed by atoms with Crippen molar-refractivity contribution in [2.24, 2.45) is 0 Å². The number of benzene rings is 2. The molecule has 1 heterocycles. The standard InChI is InChI=1S/C20H22N4O3S/c1-14-22-23-20(24(14)16-7-9-17(26-2)10-8-16)28-13-19(25)21-12-15-5-4-6-18(11-15)27-3/h4-11H,12-13H2,1-3H3,(H,21,25). The van der Waals surface area contributed by atoms with Gasteiger partial charge in [0, 0.05) is 12.2 Å². The molecule has 1 amide bonds. The van der Waals surface area contributed by atoms with Crippen molar-refractivity contribution in [1.29, 1.82) is 0 Å². The maximum absolute atomic E-state index is 12.2. The summed E-state index contributed by atoms with van der Waals surface area (Å²) in [6.45, 7) is 2.32. The monoisotopic (exact) mass is 398 g/mol. The average molecular weight is 398 g/mol. The lowest BCUT2D eigenvalue weighted by atomic mass is 10.2. The largest absolute Gasteiger partial charge is 0.497 e. The number of rotatable bonds is 8. The second kappa shape index (κ2) is 9.27. The first kappa shape index (κ1) is 19.8. The van der Waals surface area contributed by atoms with E-state index in [1.165, 1.54) is 11.8 Å². The van der Waals surface area contributed by atoms with Gasteiger partial charge in [-0.05, 0) is 48.9 Å². The number of methoxy groups -OCH3 is 2. The first-order valence-electron chi connectivity index (χ1n) is 8.69. The van der Waals surface area contributed by atoms with Crippen LogP contribution in [0.3, 0.4) is 0 Å². The molecular weight excluding hydrogens is 376 g/mol. The first-order valence-corrected chi connectivity index (χ1v) is 9.68. The number of thioether (sulfide) groups is 1. The number of aromatic nitrogens is 3. The number of aryl methyl sites for hydroxylation is 1. The average Bonchev–Trinajstić information content (AvgIpc) is 3.11. The van der Waals surface area contributed by atoms with E-state index in [2.05, 4.69) is 15.5 Å². The fraction of sp³-hybridized carbons (Fsp3) is 0.250. The van der Waals surface area contributed by atoms with E-state index in [0.717, 1.165) is 28.6 Å². The fourth-order valence-corrected chi connectivity index (χ4v) is 3.46. The van der Waals surface area contributed by atoms with Gasteiger partial charge in [0.1, 0.15) is 17.3 Å². The molecule has 28 heavy (non-hydrogen) atoms. The second-order valence-electron chi connectivity index (χ2n) is 5.98. The molecule has 0 bridgehead atoms. The zero-order chi connectivity index (χ0) is 19.9. The molecule has 146 valence electrons. The van der Waals surface area contributed by atoms with E-state index in [0.29, 0.717) is 11.7 Å². The molecule has 1 aromatic heterocycles. The van der Waals surface area contributed by atoms with Gasteiger partial charge in [-0.15, -0.1) is 10.2 Å². The topological polar surface area (TPSA) is 78.3 Å². The normalized spacial score (nSPS) is 10.5. The Morgan fingerprint density at radius 1 is 1.07 bits per heavy atom. The molecule has 8 heteroatoms. The van der Waals surface area contributed by atoms with Crippen LogP contribution in [-0.4, -0.2) is 40.6 Å². The number of hydrogen-bond donors (Lipinski definition) is 1. The Bertz CT molecular complexity index is 941. The Kier molecular flexibility index (Phi) is 6.54.